The van der Waals surface area contributed by atoms with Crippen molar-refractivity contribution in [3.05, 3.63) is 53.2 Å². The van der Waals surface area contributed by atoms with Crippen LogP contribution in [-0.2, 0) is 9.59 Å². The number of nitrogens with zero attached hydrogens (tertiary/aromatic N) is 2. The average molecular weight is 308 g/mol. The fourth-order valence-electron chi connectivity index (χ4n) is 1.59. The Hall–Kier alpha value is -3.10. The third kappa shape index (κ3) is 2.97. The number of rotatable bonds is 4. The van der Waals surface area contributed by atoms with Crippen molar-refractivity contribution in [1.82, 2.24) is 9.55 Å². The van der Waals surface area contributed by atoms with Crippen LogP contribution in [-0.4, -0.2) is 27.3 Å². The van der Waals surface area contributed by atoms with E-state index in [4.69, 9.17) is 0 Å². The Labute approximate surface area is 122 Å². The van der Waals surface area contributed by atoms with E-state index in [1.807, 2.05) is 5.32 Å². The molecule has 0 fully saturated rings. The van der Waals surface area contributed by atoms with Crippen LogP contribution in [0.2, 0.25) is 0 Å². The molecule has 0 aliphatic carbocycles. The predicted molar refractivity (Wildman–Crippen MR) is 72.6 cm³/mol. The van der Waals surface area contributed by atoms with E-state index in [1.165, 1.54) is 41.2 Å². The van der Waals surface area contributed by atoms with Crippen LogP contribution in [0.4, 0.5) is 14.5 Å². The minimum Gasteiger partial charge on any atom is -0.364 e. The number of carbonyl (C=O) groups is 2. The Morgan fingerprint density at radius 1 is 1.23 bits per heavy atom. The first-order valence-corrected chi connectivity index (χ1v) is 5.94. The second-order valence-corrected chi connectivity index (χ2v) is 4.22. The van der Waals surface area contributed by atoms with Crippen LogP contribution in [0.1, 0.15) is 0 Å². The molecule has 0 aliphatic rings. The van der Waals surface area contributed by atoms with Gasteiger partial charge >= 0.3 is 11.8 Å². The number of anilines is 1. The predicted octanol–water partition coefficient (Wildman–Crippen LogP) is 0.292. The summed E-state index contributed by atoms with van der Waals surface area (Å²) in [6.07, 6.45) is 3.95. The van der Waals surface area contributed by atoms with Gasteiger partial charge in [0.05, 0.1) is 6.20 Å². The lowest BCUT2D eigenvalue weighted by molar-refractivity contribution is -0.154. The number of nitrogens with one attached hydrogen (secondary N) is 1. The summed E-state index contributed by atoms with van der Waals surface area (Å²) >= 11 is 0. The number of aromatic nitrogens is 2. The van der Waals surface area contributed by atoms with Crippen LogP contribution in [0, 0.1) is 0 Å². The molecule has 1 aromatic carbocycles. The minimum atomic E-state index is -4.30. The van der Waals surface area contributed by atoms with Crippen molar-refractivity contribution in [2.75, 3.05) is 5.32 Å². The van der Waals surface area contributed by atoms with Gasteiger partial charge in [-0.05, 0) is 24.3 Å². The molecule has 0 atom stereocenters. The highest BCUT2D eigenvalue weighted by molar-refractivity contribution is 6.11. The molecule has 3 N–H and O–H groups in total. The summed E-state index contributed by atoms with van der Waals surface area (Å²) in [7, 11) is 0. The fraction of sp³-hybridized carbons (Fsp3) is 0.0769. The largest absolute Gasteiger partial charge is 0.400 e. The first-order chi connectivity index (χ1) is 10.3. The highest BCUT2D eigenvalue weighted by atomic mass is 19.3. The van der Waals surface area contributed by atoms with Gasteiger partial charge in [-0.1, -0.05) is 0 Å². The number of hydrogen-bond donors (Lipinski definition) is 2. The first-order valence-electron chi connectivity index (χ1n) is 5.94. The molecule has 2 rings (SSSR count). The van der Waals surface area contributed by atoms with Crippen molar-refractivity contribution in [3.8, 4) is 5.69 Å². The lowest BCUT2D eigenvalue weighted by Gasteiger charge is -2.12. The number of primary amides is 1. The molecule has 1 aromatic heterocycles. The molecular formula is C13H10F2N4O3. The number of carbonyl (C=O) groups excluding carboxylic acids is 2. The first kappa shape index (κ1) is 15.3. The molecule has 0 unspecified atom stereocenters. The molecule has 0 saturated heterocycles. The maximum atomic E-state index is 13.1. The maximum absolute atomic E-state index is 13.1. The molecule has 2 amide bonds. The Balaban J connectivity index is 2.20. The summed E-state index contributed by atoms with van der Waals surface area (Å²) in [6, 6.07) is 5.47. The van der Waals surface area contributed by atoms with Crippen molar-refractivity contribution >= 4 is 17.5 Å². The summed E-state index contributed by atoms with van der Waals surface area (Å²) in [5.41, 5.74) is 4.55. The molecule has 0 aliphatic heterocycles. The third-order valence-electron chi connectivity index (χ3n) is 2.72. The highest BCUT2D eigenvalue weighted by Crippen LogP contribution is 2.17. The van der Waals surface area contributed by atoms with Gasteiger partial charge in [-0.15, -0.1) is 0 Å². The van der Waals surface area contributed by atoms with Crippen molar-refractivity contribution in [3.63, 3.8) is 0 Å². The molecular weight excluding hydrogens is 298 g/mol. The van der Waals surface area contributed by atoms with Crippen molar-refractivity contribution in [2.24, 2.45) is 5.73 Å². The van der Waals surface area contributed by atoms with Crippen LogP contribution in [0.25, 0.3) is 5.69 Å². The van der Waals surface area contributed by atoms with E-state index in [0.29, 0.717) is 5.69 Å². The van der Waals surface area contributed by atoms with Gasteiger partial charge in [0, 0.05) is 23.8 Å². The number of hydrogen-bond acceptors (Lipinski definition) is 4. The summed E-state index contributed by atoms with van der Waals surface area (Å²) in [5.74, 6) is -8.17. The van der Waals surface area contributed by atoms with Crippen molar-refractivity contribution in [1.29, 1.82) is 0 Å². The van der Waals surface area contributed by atoms with Crippen molar-refractivity contribution < 1.29 is 18.4 Å². The van der Waals surface area contributed by atoms with E-state index in [2.05, 4.69) is 10.7 Å². The highest BCUT2D eigenvalue weighted by Gasteiger charge is 2.45. The monoisotopic (exact) mass is 308 g/mol. The summed E-state index contributed by atoms with van der Waals surface area (Å²) in [5, 5.41) is 1.87. The van der Waals surface area contributed by atoms with Gasteiger partial charge in [0.15, 0.2) is 0 Å². The van der Waals surface area contributed by atoms with E-state index in [9.17, 15) is 23.2 Å². The Kier molecular flexibility index (Phi) is 3.97. The second kappa shape index (κ2) is 5.72. The number of benzene rings is 1. The topological polar surface area (TPSA) is 107 Å². The van der Waals surface area contributed by atoms with Gasteiger partial charge in [-0.2, -0.15) is 8.78 Å². The Bertz CT molecular complexity index is 771. The van der Waals surface area contributed by atoms with Gasteiger partial charge in [0.2, 0.25) is 0 Å². The molecule has 0 saturated carbocycles. The Morgan fingerprint density at radius 3 is 2.41 bits per heavy atom. The van der Waals surface area contributed by atoms with Gasteiger partial charge in [0.25, 0.3) is 11.5 Å². The second-order valence-electron chi connectivity index (χ2n) is 4.22. The molecule has 0 bridgehead atoms. The van der Waals surface area contributed by atoms with Gasteiger partial charge in [0.1, 0.15) is 0 Å². The fourth-order valence-corrected chi connectivity index (χ4v) is 1.59. The summed E-state index contributed by atoms with van der Waals surface area (Å²) in [6.45, 7) is 0. The van der Waals surface area contributed by atoms with E-state index < -0.39 is 17.7 Å². The van der Waals surface area contributed by atoms with E-state index in [0.717, 1.165) is 6.20 Å². The van der Waals surface area contributed by atoms with Crippen molar-refractivity contribution in [2.45, 2.75) is 5.92 Å². The molecule has 2 aromatic rings. The number of alkyl halides is 2. The maximum Gasteiger partial charge on any atom is 0.400 e. The lowest BCUT2D eigenvalue weighted by atomic mass is 10.2. The number of amides is 2. The molecule has 22 heavy (non-hydrogen) atoms. The summed E-state index contributed by atoms with van der Waals surface area (Å²) in [4.78, 5) is 37.0. The zero-order chi connectivity index (χ0) is 16.3. The molecule has 0 spiro atoms. The molecule has 9 heteroatoms. The average Bonchev–Trinajstić information content (AvgIpc) is 2.48. The smallest absolute Gasteiger partial charge is 0.364 e. The number of halogens is 2. The molecule has 1 heterocycles. The van der Waals surface area contributed by atoms with Crippen LogP contribution in [0.3, 0.4) is 0 Å². The lowest BCUT2D eigenvalue weighted by Crippen LogP contribution is -2.46. The van der Waals surface area contributed by atoms with Crippen LogP contribution in [0.5, 0.6) is 0 Å². The molecule has 0 radical (unpaired) electrons. The third-order valence-corrected chi connectivity index (χ3v) is 2.72. The zero-order valence-corrected chi connectivity index (χ0v) is 11.0. The zero-order valence-electron chi connectivity index (χ0n) is 11.0. The normalized spacial score (nSPS) is 11.0. The van der Waals surface area contributed by atoms with Gasteiger partial charge in [-0.25, -0.2) is 0 Å². The quantitative estimate of drug-likeness (QED) is 0.792. The van der Waals surface area contributed by atoms with Crippen LogP contribution < -0.4 is 16.6 Å². The minimum absolute atomic E-state index is 0.0248. The molecule has 114 valence electrons. The van der Waals surface area contributed by atoms with E-state index in [1.54, 1.807) is 0 Å². The standard InChI is InChI=1S/C13H10F2N4O3/c14-13(15,11(16)21)12(22)18-8-1-3-9(4-2-8)19-6-5-17-7-10(19)20/h1-7H,(H2,16,21)(H,18,22). The van der Waals surface area contributed by atoms with Crippen LogP contribution in [0.15, 0.2) is 47.7 Å². The van der Waals surface area contributed by atoms with Crippen LogP contribution >= 0.6 is 0 Å². The SMILES string of the molecule is NC(=O)C(F)(F)C(=O)Nc1ccc(-n2ccncc2=O)cc1. The summed E-state index contributed by atoms with van der Waals surface area (Å²) < 4.78 is 27.4. The number of nitrogens with two attached hydrogens (primary N) is 1. The van der Waals surface area contributed by atoms with E-state index >= 15 is 0 Å². The Morgan fingerprint density at radius 2 is 1.86 bits per heavy atom. The van der Waals surface area contributed by atoms with Gasteiger partial charge in [-0.3, -0.25) is 23.9 Å². The van der Waals surface area contributed by atoms with E-state index in [-0.39, 0.29) is 11.2 Å². The van der Waals surface area contributed by atoms with Gasteiger partial charge < -0.3 is 11.1 Å². The molecule has 7 nitrogen and oxygen atoms in total.